The van der Waals surface area contributed by atoms with Crippen LogP contribution in [0.2, 0.25) is 0 Å². The molecule has 0 fully saturated rings. The zero-order valence-corrected chi connectivity index (χ0v) is 25.7. The molecule has 7 aromatic carbocycles. The van der Waals surface area contributed by atoms with Gasteiger partial charge in [-0.25, -0.2) is 4.98 Å². The summed E-state index contributed by atoms with van der Waals surface area (Å²) < 4.78 is 0. The number of rotatable bonds is 3. The Labute approximate surface area is 274 Å². The minimum absolute atomic E-state index is 0.369. The summed E-state index contributed by atoms with van der Waals surface area (Å²) >= 11 is 0. The number of pyridine rings is 1. The minimum atomic E-state index is -0.369. The number of hydrogen-bond acceptors (Lipinski definition) is 1. The van der Waals surface area contributed by atoms with Crippen molar-refractivity contribution in [1.82, 2.24) is 4.98 Å². The monoisotopic (exact) mass is 595 g/mol. The van der Waals surface area contributed by atoms with E-state index in [4.69, 9.17) is 4.98 Å². The summed E-state index contributed by atoms with van der Waals surface area (Å²) in [6.45, 7) is 0. The molecule has 0 radical (unpaired) electrons. The van der Waals surface area contributed by atoms with Crippen molar-refractivity contribution in [3.05, 3.63) is 198 Å². The molecule has 1 aromatic heterocycles. The van der Waals surface area contributed by atoms with Gasteiger partial charge in [-0.15, -0.1) is 0 Å². The van der Waals surface area contributed by atoms with E-state index in [0.717, 1.165) is 22.5 Å². The third-order valence-electron chi connectivity index (χ3n) is 10.3. The first-order chi connectivity index (χ1) is 23.3. The van der Waals surface area contributed by atoms with Crippen molar-refractivity contribution in [1.29, 1.82) is 0 Å². The van der Waals surface area contributed by atoms with Crippen LogP contribution >= 0.6 is 0 Å². The summed E-state index contributed by atoms with van der Waals surface area (Å²) in [6.07, 6.45) is 0. The Morgan fingerprint density at radius 3 is 1.57 bits per heavy atom. The van der Waals surface area contributed by atoms with Crippen LogP contribution in [-0.2, 0) is 5.41 Å². The number of hydrogen-bond donors (Lipinski definition) is 0. The van der Waals surface area contributed by atoms with Crippen LogP contribution in [0.3, 0.4) is 0 Å². The van der Waals surface area contributed by atoms with Gasteiger partial charge in [-0.1, -0.05) is 158 Å². The minimum Gasteiger partial charge on any atom is -0.248 e. The molecule has 2 aliphatic rings. The molecule has 0 saturated carbocycles. The van der Waals surface area contributed by atoms with Gasteiger partial charge < -0.3 is 0 Å². The highest BCUT2D eigenvalue weighted by molar-refractivity contribution is 6.00. The van der Waals surface area contributed by atoms with E-state index < -0.39 is 0 Å². The lowest BCUT2D eigenvalue weighted by atomic mass is 9.70. The van der Waals surface area contributed by atoms with Gasteiger partial charge in [-0.2, -0.15) is 0 Å². The Balaban J connectivity index is 1.27. The molecule has 0 aliphatic heterocycles. The largest absolute Gasteiger partial charge is 0.248 e. The third kappa shape index (κ3) is 3.69. The summed E-state index contributed by atoms with van der Waals surface area (Å²) in [4.78, 5) is 5.27. The summed E-state index contributed by atoms with van der Waals surface area (Å²) in [5.74, 6) is 0. The second kappa shape index (κ2) is 9.97. The molecule has 47 heavy (non-hydrogen) atoms. The SMILES string of the molecule is c1ccc(-c2cc(-c3cccc4c3-c3ccccc3C43c4ccccc4-c4ccccc43)cc(-c3ccc4ccccc4c3)n2)cc1. The van der Waals surface area contributed by atoms with Gasteiger partial charge >= 0.3 is 0 Å². The smallest absolute Gasteiger partial charge is 0.0725 e. The Morgan fingerprint density at radius 2 is 0.851 bits per heavy atom. The molecule has 8 aromatic rings. The first kappa shape index (κ1) is 26.2. The molecule has 0 N–H and O–H groups in total. The van der Waals surface area contributed by atoms with E-state index in [9.17, 15) is 0 Å². The predicted octanol–water partition coefficient (Wildman–Crippen LogP) is 11.6. The highest BCUT2D eigenvalue weighted by atomic mass is 14.7. The van der Waals surface area contributed by atoms with Gasteiger partial charge in [-0.3, -0.25) is 0 Å². The van der Waals surface area contributed by atoms with Crippen LogP contribution in [0.15, 0.2) is 176 Å². The molecule has 10 rings (SSSR count). The summed E-state index contributed by atoms with van der Waals surface area (Å²) in [5, 5.41) is 2.45. The molecule has 1 heterocycles. The molecule has 0 bridgehead atoms. The Bertz CT molecular complexity index is 2480. The molecule has 0 saturated heterocycles. The van der Waals surface area contributed by atoms with E-state index in [1.54, 1.807) is 0 Å². The third-order valence-corrected chi connectivity index (χ3v) is 10.3. The molecule has 1 heteroatoms. The quantitative estimate of drug-likeness (QED) is 0.198. The summed E-state index contributed by atoms with van der Waals surface area (Å²) in [6, 6.07) is 64.3. The van der Waals surface area contributed by atoms with Crippen LogP contribution < -0.4 is 0 Å². The Hall–Kier alpha value is -6.05. The molecular weight excluding hydrogens is 567 g/mol. The molecule has 0 atom stereocenters. The lowest BCUT2D eigenvalue weighted by Gasteiger charge is -2.30. The van der Waals surface area contributed by atoms with Crippen molar-refractivity contribution in [3.8, 4) is 55.9 Å². The topological polar surface area (TPSA) is 12.9 Å². The van der Waals surface area contributed by atoms with Gasteiger partial charge in [0.2, 0.25) is 0 Å². The zero-order chi connectivity index (χ0) is 31.0. The molecule has 1 nitrogen and oxygen atoms in total. The van der Waals surface area contributed by atoms with E-state index in [2.05, 4.69) is 176 Å². The average Bonchev–Trinajstić information content (AvgIpc) is 3.62. The van der Waals surface area contributed by atoms with Gasteiger partial charge in [0.15, 0.2) is 0 Å². The number of benzene rings is 7. The molecular formula is C46H29N. The van der Waals surface area contributed by atoms with E-state index in [1.165, 1.54) is 66.4 Å². The maximum absolute atomic E-state index is 5.27. The van der Waals surface area contributed by atoms with Crippen LogP contribution in [-0.4, -0.2) is 4.98 Å². The lowest BCUT2D eigenvalue weighted by Crippen LogP contribution is -2.25. The van der Waals surface area contributed by atoms with Gasteiger partial charge in [0.25, 0.3) is 0 Å². The second-order valence-corrected chi connectivity index (χ2v) is 12.7. The van der Waals surface area contributed by atoms with Crippen LogP contribution in [0.1, 0.15) is 22.3 Å². The van der Waals surface area contributed by atoms with E-state index in [0.29, 0.717) is 0 Å². The van der Waals surface area contributed by atoms with Gasteiger partial charge in [0.05, 0.1) is 16.8 Å². The van der Waals surface area contributed by atoms with Crippen LogP contribution in [0.25, 0.3) is 66.7 Å². The lowest BCUT2D eigenvalue weighted by molar-refractivity contribution is 0.794. The van der Waals surface area contributed by atoms with Crippen molar-refractivity contribution >= 4 is 10.8 Å². The molecule has 218 valence electrons. The van der Waals surface area contributed by atoms with E-state index in [1.807, 2.05) is 0 Å². The van der Waals surface area contributed by atoms with Crippen LogP contribution in [0, 0.1) is 0 Å². The van der Waals surface area contributed by atoms with Crippen molar-refractivity contribution in [2.45, 2.75) is 5.41 Å². The summed E-state index contributed by atoms with van der Waals surface area (Å²) in [5.41, 5.74) is 16.9. The fraction of sp³-hybridized carbons (Fsp3) is 0.0217. The van der Waals surface area contributed by atoms with Crippen LogP contribution in [0.5, 0.6) is 0 Å². The average molecular weight is 596 g/mol. The van der Waals surface area contributed by atoms with Crippen molar-refractivity contribution in [2.24, 2.45) is 0 Å². The number of aromatic nitrogens is 1. The van der Waals surface area contributed by atoms with E-state index >= 15 is 0 Å². The first-order valence-corrected chi connectivity index (χ1v) is 16.3. The summed E-state index contributed by atoms with van der Waals surface area (Å²) in [7, 11) is 0. The number of fused-ring (bicyclic) bond motifs is 11. The fourth-order valence-corrected chi connectivity index (χ4v) is 8.32. The zero-order valence-electron chi connectivity index (χ0n) is 25.7. The normalized spacial score (nSPS) is 13.3. The standard InChI is InChI=1S/C46H29N/c1-2-14-31(15-3-1)43-28-34(29-44(47-43)33-26-25-30-13-4-5-16-32(30)27-33)35-20-12-24-42-45(35)38-19-8-11-23-41(38)46(42)39-21-9-6-17-36(39)37-18-7-10-22-40(37)46/h1-29H. The second-order valence-electron chi connectivity index (χ2n) is 12.7. The molecule has 0 unspecified atom stereocenters. The van der Waals surface area contributed by atoms with Crippen molar-refractivity contribution in [2.75, 3.05) is 0 Å². The van der Waals surface area contributed by atoms with Gasteiger partial charge in [-0.05, 0) is 84.6 Å². The predicted molar refractivity (Wildman–Crippen MR) is 194 cm³/mol. The highest BCUT2D eigenvalue weighted by Crippen LogP contribution is 2.63. The number of nitrogens with zero attached hydrogens (tertiary/aromatic N) is 1. The van der Waals surface area contributed by atoms with E-state index in [-0.39, 0.29) is 5.41 Å². The molecule has 2 aliphatic carbocycles. The first-order valence-electron chi connectivity index (χ1n) is 16.3. The molecule has 0 amide bonds. The molecule has 1 spiro atoms. The van der Waals surface area contributed by atoms with Crippen LogP contribution in [0.4, 0.5) is 0 Å². The highest BCUT2D eigenvalue weighted by Gasteiger charge is 2.51. The Kier molecular flexibility index (Phi) is 5.56. The maximum atomic E-state index is 5.27. The van der Waals surface area contributed by atoms with Gasteiger partial charge in [0.1, 0.15) is 0 Å². The Morgan fingerprint density at radius 1 is 0.319 bits per heavy atom. The fourth-order valence-electron chi connectivity index (χ4n) is 8.32. The van der Waals surface area contributed by atoms with Gasteiger partial charge in [0, 0.05) is 11.1 Å². The van der Waals surface area contributed by atoms with Crippen molar-refractivity contribution in [3.63, 3.8) is 0 Å². The maximum Gasteiger partial charge on any atom is 0.0725 e. The van der Waals surface area contributed by atoms with Crippen molar-refractivity contribution < 1.29 is 0 Å².